The van der Waals surface area contributed by atoms with Crippen molar-refractivity contribution < 1.29 is 9.21 Å². The summed E-state index contributed by atoms with van der Waals surface area (Å²) in [5.74, 6) is 1.17. The lowest BCUT2D eigenvalue weighted by molar-refractivity contribution is -0.116. The molecule has 0 atom stereocenters. The molecule has 3 heterocycles. The van der Waals surface area contributed by atoms with Gasteiger partial charge in [-0.25, -0.2) is 9.97 Å². The fraction of sp³-hybridized carbons (Fsp3) is 0.190. The van der Waals surface area contributed by atoms with E-state index in [1.165, 1.54) is 21.1 Å². The number of thiazole rings is 1. The van der Waals surface area contributed by atoms with Crippen molar-refractivity contribution in [3.63, 3.8) is 0 Å². The first-order valence-corrected chi connectivity index (χ1v) is 10.6. The van der Waals surface area contributed by atoms with E-state index in [0.717, 1.165) is 16.8 Å². The molecular weight excluding hydrogens is 390 g/mol. The van der Waals surface area contributed by atoms with Crippen LogP contribution in [0.5, 0.6) is 0 Å². The summed E-state index contributed by atoms with van der Waals surface area (Å²) in [5, 5.41) is 5.46. The number of aryl methyl sites for hydroxylation is 3. The molecule has 0 saturated heterocycles. The maximum atomic E-state index is 12.3. The quantitative estimate of drug-likeness (QED) is 0.442. The fourth-order valence-electron chi connectivity index (χ4n) is 2.90. The number of hydrogen-bond donors (Lipinski definition) is 1. The zero-order valence-corrected chi connectivity index (χ0v) is 17.2. The second-order valence-electron chi connectivity index (χ2n) is 6.40. The van der Waals surface area contributed by atoms with E-state index in [4.69, 9.17) is 4.42 Å². The van der Waals surface area contributed by atoms with Crippen molar-refractivity contribution in [3.8, 4) is 22.6 Å². The van der Waals surface area contributed by atoms with Gasteiger partial charge in [0.1, 0.15) is 0 Å². The standard InChI is InChI=1S/C21H19N3O2S2/c1-13-10-16(14(2)28-13)17-12-27-21(23-17)24-19(25)8-9-20-22-11-18(26-20)15-6-4-3-5-7-15/h3-7,10-12H,8-9H2,1-2H3,(H,23,24,25). The van der Waals surface area contributed by atoms with Crippen LogP contribution in [0.4, 0.5) is 5.13 Å². The third-order valence-electron chi connectivity index (χ3n) is 4.25. The van der Waals surface area contributed by atoms with Gasteiger partial charge in [-0.1, -0.05) is 30.3 Å². The Morgan fingerprint density at radius 3 is 2.79 bits per heavy atom. The number of oxazole rings is 1. The van der Waals surface area contributed by atoms with Crippen molar-refractivity contribution in [3.05, 3.63) is 63.6 Å². The van der Waals surface area contributed by atoms with E-state index in [9.17, 15) is 4.79 Å². The van der Waals surface area contributed by atoms with Gasteiger partial charge in [0, 0.05) is 39.1 Å². The third-order valence-corrected chi connectivity index (χ3v) is 5.97. The van der Waals surface area contributed by atoms with Gasteiger partial charge in [0.15, 0.2) is 16.8 Å². The topological polar surface area (TPSA) is 68.0 Å². The highest BCUT2D eigenvalue weighted by atomic mass is 32.1. The molecule has 7 heteroatoms. The number of amides is 1. The molecule has 0 aliphatic carbocycles. The molecule has 0 bridgehead atoms. The SMILES string of the molecule is Cc1cc(-c2csc(NC(=O)CCc3ncc(-c4ccccc4)o3)n2)c(C)s1. The highest BCUT2D eigenvalue weighted by Crippen LogP contribution is 2.32. The predicted octanol–water partition coefficient (Wildman–Crippen LogP) is 5.71. The van der Waals surface area contributed by atoms with Gasteiger partial charge in [0.05, 0.1) is 11.9 Å². The summed E-state index contributed by atoms with van der Waals surface area (Å²) in [6.45, 7) is 4.17. The van der Waals surface area contributed by atoms with Gasteiger partial charge in [-0.15, -0.1) is 22.7 Å². The molecule has 142 valence electrons. The Hall–Kier alpha value is -2.77. The van der Waals surface area contributed by atoms with Crippen LogP contribution in [-0.4, -0.2) is 15.9 Å². The van der Waals surface area contributed by atoms with E-state index >= 15 is 0 Å². The molecule has 1 aromatic carbocycles. The Morgan fingerprint density at radius 2 is 2.04 bits per heavy atom. The van der Waals surface area contributed by atoms with Gasteiger partial charge in [0.25, 0.3) is 0 Å². The molecule has 0 radical (unpaired) electrons. The summed E-state index contributed by atoms with van der Waals surface area (Å²) in [7, 11) is 0. The Labute approximate surface area is 171 Å². The van der Waals surface area contributed by atoms with Gasteiger partial charge in [-0.2, -0.15) is 0 Å². The molecule has 1 amide bonds. The van der Waals surface area contributed by atoms with Crippen LogP contribution in [0.3, 0.4) is 0 Å². The van der Waals surface area contributed by atoms with Crippen molar-refractivity contribution in [2.45, 2.75) is 26.7 Å². The van der Waals surface area contributed by atoms with Crippen LogP contribution in [0.15, 0.2) is 52.4 Å². The fourth-order valence-corrected chi connectivity index (χ4v) is 4.56. The second-order valence-corrected chi connectivity index (χ2v) is 8.72. The van der Waals surface area contributed by atoms with E-state index < -0.39 is 0 Å². The maximum Gasteiger partial charge on any atom is 0.226 e. The molecule has 0 aliphatic rings. The molecule has 5 nitrogen and oxygen atoms in total. The van der Waals surface area contributed by atoms with Crippen molar-refractivity contribution in [2.24, 2.45) is 0 Å². The van der Waals surface area contributed by atoms with E-state index in [2.05, 4.69) is 35.2 Å². The maximum absolute atomic E-state index is 12.3. The molecule has 4 aromatic rings. The Balaban J connectivity index is 1.34. The molecule has 1 N–H and O–H groups in total. The average molecular weight is 410 g/mol. The normalized spacial score (nSPS) is 10.9. The number of nitrogens with zero attached hydrogens (tertiary/aromatic N) is 2. The highest BCUT2D eigenvalue weighted by Gasteiger charge is 2.13. The van der Waals surface area contributed by atoms with Gasteiger partial charge in [-0.05, 0) is 19.9 Å². The van der Waals surface area contributed by atoms with E-state index in [1.807, 2.05) is 35.7 Å². The second kappa shape index (κ2) is 8.08. The molecule has 0 saturated carbocycles. The lowest BCUT2D eigenvalue weighted by Crippen LogP contribution is -2.12. The molecule has 0 aliphatic heterocycles. The predicted molar refractivity (Wildman–Crippen MR) is 114 cm³/mol. The first-order chi connectivity index (χ1) is 13.6. The van der Waals surface area contributed by atoms with Crippen molar-refractivity contribution in [1.29, 1.82) is 0 Å². The average Bonchev–Trinajstić information content (AvgIpc) is 3.41. The molecule has 3 aromatic heterocycles. The third kappa shape index (κ3) is 4.21. The van der Waals surface area contributed by atoms with Crippen molar-refractivity contribution in [2.75, 3.05) is 5.32 Å². The Kier molecular flexibility index (Phi) is 5.36. The van der Waals surface area contributed by atoms with Crippen LogP contribution in [0.25, 0.3) is 22.6 Å². The van der Waals surface area contributed by atoms with Crippen LogP contribution in [0.2, 0.25) is 0 Å². The zero-order valence-electron chi connectivity index (χ0n) is 15.6. The van der Waals surface area contributed by atoms with Gasteiger partial charge in [0.2, 0.25) is 5.91 Å². The van der Waals surface area contributed by atoms with Gasteiger partial charge < -0.3 is 9.73 Å². The van der Waals surface area contributed by atoms with Crippen molar-refractivity contribution in [1.82, 2.24) is 9.97 Å². The van der Waals surface area contributed by atoms with Crippen LogP contribution >= 0.6 is 22.7 Å². The summed E-state index contributed by atoms with van der Waals surface area (Å²) in [6.07, 6.45) is 2.43. The largest absolute Gasteiger partial charge is 0.441 e. The first kappa shape index (κ1) is 18.6. The Bertz CT molecular complexity index is 1100. The van der Waals surface area contributed by atoms with Crippen LogP contribution in [0, 0.1) is 13.8 Å². The minimum atomic E-state index is -0.0985. The van der Waals surface area contributed by atoms with Crippen LogP contribution < -0.4 is 5.32 Å². The van der Waals surface area contributed by atoms with E-state index in [-0.39, 0.29) is 5.91 Å². The molecule has 0 unspecified atom stereocenters. The number of benzene rings is 1. The van der Waals surface area contributed by atoms with Crippen LogP contribution in [0.1, 0.15) is 22.1 Å². The lowest BCUT2D eigenvalue weighted by Gasteiger charge is -2.00. The summed E-state index contributed by atoms with van der Waals surface area (Å²) in [6, 6.07) is 11.9. The summed E-state index contributed by atoms with van der Waals surface area (Å²) in [5.41, 5.74) is 3.01. The zero-order chi connectivity index (χ0) is 19.5. The van der Waals surface area contributed by atoms with Crippen molar-refractivity contribution >= 4 is 33.7 Å². The monoisotopic (exact) mass is 409 g/mol. The Morgan fingerprint density at radius 1 is 1.21 bits per heavy atom. The molecule has 0 fully saturated rings. The minimum Gasteiger partial charge on any atom is -0.441 e. The number of anilines is 1. The summed E-state index contributed by atoms with van der Waals surface area (Å²) < 4.78 is 5.74. The van der Waals surface area contributed by atoms with Gasteiger partial charge in [-0.3, -0.25) is 4.79 Å². The number of aromatic nitrogens is 2. The number of thiophene rings is 1. The number of nitrogens with one attached hydrogen (secondary N) is 1. The summed E-state index contributed by atoms with van der Waals surface area (Å²) >= 11 is 3.19. The van der Waals surface area contributed by atoms with Gasteiger partial charge >= 0.3 is 0 Å². The number of carbonyl (C=O) groups is 1. The number of carbonyl (C=O) groups excluding carboxylic acids is 1. The molecule has 28 heavy (non-hydrogen) atoms. The van der Waals surface area contributed by atoms with Crippen LogP contribution in [-0.2, 0) is 11.2 Å². The van der Waals surface area contributed by atoms with E-state index in [1.54, 1.807) is 17.5 Å². The highest BCUT2D eigenvalue weighted by molar-refractivity contribution is 7.14. The lowest BCUT2D eigenvalue weighted by atomic mass is 10.2. The van der Waals surface area contributed by atoms with E-state index in [0.29, 0.717) is 29.6 Å². The minimum absolute atomic E-state index is 0.0985. The molecule has 4 rings (SSSR count). The number of rotatable bonds is 6. The molecule has 0 spiro atoms. The summed E-state index contributed by atoms with van der Waals surface area (Å²) in [4.78, 5) is 23.6. The molecular formula is C21H19N3O2S2. The number of hydrogen-bond acceptors (Lipinski definition) is 6. The first-order valence-electron chi connectivity index (χ1n) is 8.91. The smallest absolute Gasteiger partial charge is 0.226 e.